The first kappa shape index (κ1) is 10.6. The molecule has 1 atom stereocenters. The SMILES string of the molecule is FCC1CCCN(c2nccnc2Cl)C1. The van der Waals surface area contributed by atoms with Crippen molar-refractivity contribution in [3.8, 4) is 0 Å². The third kappa shape index (κ3) is 2.37. The molecule has 2 heterocycles. The van der Waals surface area contributed by atoms with Crippen LogP contribution < -0.4 is 4.90 Å². The number of hydrogen-bond acceptors (Lipinski definition) is 3. The molecule has 0 bridgehead atoms. The summed E-state index contributed by atoms with van der Waals surface area (Å²) in [5.74, 6) is 0.786. The standard InChI is InChI=1S/C10H13ClFN3/c11-9-10(14-4-3-13-9)15-5-1-2-8(6-12)7-15/h3-4,8H,1-2,5-7H2. The van der Waals surface area contributed by atoms with E-state index in [1.54, 1.807) is 12.4 Å². The zero-order valence-corrected chi connectivity index (χ0v) is 9.12. The molecule has 1 aromatic heterocycles. The number of alkyl halides is 1. The molecule has 5 heteroatoms. The van der Waals surface area contributed by atoms with Crippen LogP contribution in [0.5, 0.6) is 0 Å². The van der Waals surface area contributed by atoms with Crippen LogP contribution >= 0.6 is 11.6 Å². The van der Waals surface area contributed by atoms with Crippen molar-refractivity contribution in [3.05, 3.63) is 17.5 Å². The molecule has 1 saturated heterocycles. The molecule has 0 spiro atoms. The number of piperidine rings is 1. The van der Waals surface area contributed by atoms with Gasteiger partial charge in [0.05, 0.1) is 6.67 Å². The fourth-order valence-corrected chi connectivity index (χ4v) is 2.13. The molecule has 0 radical (unpaired) electrons. The molecule has 0 aromatic carbocycles. The van der Waals surface area contributed by atoms with Crippen LogP contribution in [-0.2, 0) is 0 Å². The van der Waals surface area contributed by atoms with Crippen LogP contribution in [0, 0.1) is 5.92 Å². The number of aromatic nitrogens is 2. The highest BCUT2D eigenvalue weighted by Crippen LogP contribution is 2.25. The first-order chi connectivity index (χ1) is 7.31. The Morgan fingerprint density at radius 1 is 1.47 bits per heavy atom. The topological polar surface area (TPSA) is 29.0 Å². The molecule has 3 nitrogen and oxygen atoms in total. The maximum Gasteiger partial charge on any atom is 0.171 e. The van der Waals surface area contributed by atoms with Crippen LogP contribution in [0.4, 0.5) is 10.2 Å². The molecule has 1 aromatic rings. The Hall–Kier alpha value is -0.900. The second kappa shape index (κ2) is 4.75. The summed E-state index contributed by atoms with van der Waals surface area (Å²) < 4.78 is 12.6. The molecule has 0 amide bonds. The number of hydrogen-bond donors (Lipinski definition) is 0. The van der Waals surface area contributed by atoms with E-state index < -0.39 is 0 Å². The molecule has 82 valence electrons. The van der Waals surface area contributed by atoms with Gasteiger partial charge < -0.3 is 4.90 Å². The molecule has 1 unspecified atom stereocenters. The summed E-state index contributed by atoms with van der Waals surface area (Å²) in [5.41, 5.74) is 0. The minimum absolute atomic E-state index is 0.108. The Labute approximate surface area is 93.3 Å². The summed E-state index contributed by atoms with van der Waals surface area (Å²) in [4.78, 5) is 10.2. The van der Waals surface area contributed by atoms with Gasteiger partial charge in [-0.3, -0.25) is 4.39 Å². The summed E-state index contributed by atoms with van der Waals surface area (Å²) >= 11 is 5.94. The summed E-state index contributed by atoms with van der Waals surface area (Å²) in [6, 6.07) is 0. The molecule has 0 aliphatic carbocycles. The number of halogens is 2. The average molecular weight is 230 g/mol. The van der Waals surface area contributed by atoms with E-state index >= 15 is 0 Å². The third-order valence-electron chi connectivity index (χ3n) is 2.67. The summed E-state index contributed by atoms with van der Waals surface area (Å²) in [6.07, 6.45) is 5.11. The van der Waals surface area contributed by atoms with E-state index in [2.05, 4.69) is 9.97 Å². The lowest BCUT2D eigenvalue weighted by molar-refractivity contribution is 0.315. The Morgan fingerprint density at radius 2 is 2.27 bits per heavy atom. The minimum Gasteiger partial charge on any atom is -0.354 e. The maximum absolute atomic E-state index is 12.6. The van der Waals surface area contributed by atoms with Crippen LogP contribution in [-0.4, -0.2) is 29.7 Å². The van der Waals surface area contributed by atoms with E-state index in [0.29, 0.717) is 17.5 Å². The van der Waals surface area contributed by atoms with Crippen molar-refractivity contribution in [1.29, 1.82) is 0 Å². The largest absolute Gasteiger partial charge is 0.354 e. The van der Waals surface area contributed by atoms with Crippen LogP contribution in [0.1, 0.15) is 12.8 Å². The van der Waals surface area contributed by atoms with Gasteiger partial charge in [-0.15, -0.1) is 0 Å². The van der Waals surface area contributed by atoms with Crippen molar-refractivity contribution in [2.24, 2.45) is 5.92 Å². The van der Waals surface area contributed by atoms with Crippen molar-refractivity contribution in [1.82, 2.24) is 9.97 Å². The normalized spacial score (nSPS) is 21.7. The molecular weight excluding hydrogens is 217 g/mol. The Bertz CT molecular complexity index is 334. The van der Waals surface area contributed by atoms with Crippen molar-refractivity contribution >= 4 is 17.4 Å². The number of rotatable bonds is 2. The molecule has 15 heavy (non-hydrogen) atoms. The van der Waals surface area contributed by atoms with Gasteiger partial charge in [-0.1, -0.05) is 11.6 Å². The van der Waals surface area contributed by atoms with E-state index in [1.165, 1.54) is 0 Å². The van der Waals surface area contributed by atoms with Crippen molar-refractivity contribution < 1.29 is 4.39 Å². The zero-order chi connectivity index (χ0) is 10.7. The van der Waals surface area contributed by atoms with Gasteiger partial charge in [-0.05, 0) is 12.8 Å². The number of anilines is 1. The smallest absolute Gasteiger partial charge is 0.171 e. The Morgan fingerprint density at radius 3 is 3.00 bits per heavy atom. The monoisotopic (exact) mass is 229 g/mol. The highest BCUT2D eigenvalue weighted by Gasteiger charge is 2.22. The lowest BCUT2D eigenvalue weighted by atomic mass is 10.00. The van der Waals surface area contributed by atoms with Crippen LogP contribution in [0.3, 0.4) is 0 Å². The van der Waals surface area contributed by atoms with Gasteiger partial charge in [-0.2, -0.15) is 0 Å². The third-order valence-corrected chi connectivity index (χ3v) is 2.94. The quantitative estimate of drug-likeness (QED) is 0.780. The van der Waals surface area contributed by atoms with Gasteiger partial charge in [0.1, 0.15) is 0 Å². The van der Waals surface area contributed by atoms with Crippen LogP contribution in [0.15, 0.2) is 12.4 Å². The van der Waals surface area contributed by atoms with Crippen molar-refractivity contribution in [3.63, 3.8) is 0 Å². The molecule has 1 aliphatic rings. The lowest BCUT2D eigenvalue weighted by Gasteiger charge is -2.32. The van der Waals surface area contributed by atoms with Crippen molar-refractivity contribution in [2.75, 3.05) is 24.7 Å². The second-order valence-corrected chi connectivity index (χ2v) is 4.14. The fraction of sp³-hybridized carbons (Fsp3) is 0.600. The first-order valence-corrected chi connectivity index (χ1v) is 5.46. The Kier molecular flexibility index (Phi) is 3.36. The van der Waals surface area contributed by atoms with Gasteiger partial charge in [0.25, 0.3) is 0 Å². The van der Waals surface area contributed by atoms with Crippen LogP contribution in [0.25, 0.3) is 0 Å². The van der Waals surface area contributed by atoms with Gasteiger partial charge in [0.15, 0.2) is 11.0 Å². The molecule has 1 aliphatic heterocycles. The van der Waals surface area contributed by atoms with Gasteiger partial charge in [0, 0.05) is 31.4 Å². The maximum atomic E-state index is 12.6. The van der Waals surface area contributed by atoms with Crippen molar-refractivity contribution in [2.45, 2.75) is 12.8 Å². The highest BCUT2D eigenvalue weighted by molar-refractivity contribution is 6.31. The summed E-state index contributed by atoms with van der Waals surface area (Å²) in [5, 5.41) is 0.400. The van der Waals surface area contributed by atoms with Gasteiger partial charge >= 0.3 is 0 Å². The second-order valence-electron chi connectivity index (χ2n) is 3.78. The predicted octanol–water partition coefficient (Wildman–Crippen LogP) is 2.32. The average Bonchev–Trinajstić information content (AvgIpc) is 2.30. The highest BCUT2D eigenvalue weighted by atomic mass is 35.5. The molecule has 2 rings (SSSR count). The molecule has 0 N–H and O–H groups in total. The van der Waals surface area contributed by atoms with E-state index in [0.717, 1.165) is 19.4 Å². The van der Waals surface area contributed by atoms with Crippen LogP contribution in [0.2, 0.25) is 5.15 Å². The van der Waals surface area contributed by atoms with E-state index in [-0.39, 0.29) is 12.6 Å². The summed E-state index contributed by atoms with van der Waals surface area (Å²) in [7, 11) is 0. The van der Waals surface area contributed by atoms with Gasteiger partial charge in [0.2, 0.25) is 0 Å². The fourth-order valence-electron chi connectivity index (χ4n) is 1.91. The number of nitrogens with zero attached hydrogens (tertiary/aromatic N) is 3. The van der Waals surface area contributed by atoms with E-state index in [4.69, 9.17) is 11.6 Å². The lowest BCUT2D eigenvalue weighted by Crippen LogP contribution is -2.37. The Balaban J connectivity index is 2.13. The van der Waals surface area contributed by atoms with E-state index in [1.807, 2.05) is 4.90 Å². The predicted molar refractivity (Wildman–Crippen MR) is 58.0 cm³/mol. The first-order valence-electron chi connectivity index (χ1n) is 5.08. The summed E-state index contributed by atoms with van der Waals surface area (Å²) in [6.45, 7) is 1.30. The molecule has 0 saturated carbocycles. The molecule has 1 fully saturated rings. The van der Waals surface area contributed by atoms with Gasteiger partial charge in [-0.25, -0.2) is 9.97 Å². The minimum atomic E-state index is -0.269. The van der Waals surface area contributed by atoms with E-state index in [9.17, 15) is 4.39 Å². The zero-order valence-electron chi connectivity index (χ0n) is 8.37. The molecular formula is C10H13ClFN3.